The summed E-state index contributed by atoms with van der Waals surface area (Å²) in [5, 5.41) is 12.5. The SMILES string of the molecule is COC(=O)CCC(F)(F)CCCN1C(=O)NC[C@@H]1C=CC(O)C(F)(F)c1ccccc1. The van der Waals surface area contributed by atoms with Crippen molar-refractivity contribution in [1.29, 1.82) is 0 Å². The van der Waals surface area contributed by atoms with Crippen molar-refractivity contribution in [1.82, 2.24) is 10.2 Å². The Hall–Kier alpha value is -2.62. The average molecular weight is 446 g/mol. The molecule has 2 rings (SSSR count). The van der Waals surface area contributed by atoms with Crippen LogP contribution in [0.5, 0.6) is 0 Å². The van der Waals surface area contributed by atoms with Crippen LogP contribution in [0.2, 0.25) is 0 Å². The number of alkyl halides is 4. The van der Waals surface area contributed by atoms with Crippen molar-refractivity contribution in [3.63, 3.8) is 0 Å². The first-order valence-electron chi connectivity index (χ1n) is 9.85. The summed E-state index contributed by atoms with van der Waals surface area (Å²) in [5.41, 5.74) is -0.348. The van der Waals surface area contributed by atoms with E-state index >= 15 is 0 Å². The van der Waals surface area contributed by atoms with E-state index in [-0.39, 0.29) is 25.1 Å². The van der Waals surface area contributed by atoms with E-state index in [9.17, 15) is 32.3 Å². The van der Waals surface area contributed by atoms with Crippen LogP contribution < -0.4 is 5.32 Å². The van der Waals surface area contributed by atoms with E-state index in [0.29, 0.717) is 0 Å². The smallest absolute Gasteiger partial charge is 0.318 e. The van der Waals surface area contributed by atoms with Gasteiger partial charge in [0.1, 0.15) is 6.10 Å². The summed E-state index contributed by atoms with van der Waals surface area (Å²) in [7, 11) is 1.12. The molecule has 1 heterocycles. The molecule has 6 nitrogen and oxygen atoms in total. The van der Waals surface area contributed by atoms with Crippen molar-refractivity contribution in [2.75, 3.05) is 20.2 Å². The average Bonchev–Trinajstić information content (AvgIpc) is 3.10. The zero-order valence-electron chi connectivity index (χ0n) is 17.1. The third-order valence-corrected chi connectivity index (χ3v) is 5.03. The Labute approximate surface area is 177 Å². The first kappa shape index (κ1) is 24.6. The van der Waals surface area contributed by atoms with Crippen LogP contribution in [0.25, 0.3) is 0 Å². The molecule has 1 aliphatic heterocycles. The van der Waals surface area contributed by atoms with E-state index in [4.69, 9.17) is 0 Å². The highest BCUT2D eigenvalue weighted by Gasteiger charge is 2.39. The zero-order valence-corrected chi connectivity index (χ0v) is 17.1. The van der Waals surface area contributed by atoms with Crippen molar-refractivity contribution in [2.45, 2.75) is 49.7 Å². The molecule has 1 unspecified atom stereocenters. The van der Waals surface area contributed by atoms with E-state index < -0.39 is 55.3 Å². The van der Waals surface area contributed by atoms with Gasteiger partial charge in [0.2, 0.25) is 5.92 Å². The Morgan fingerprint density at radius 2 is 1.97 bits per heavy atom. The molecule has 1 saturated heterocycles. The van der Waals surface area contributed by atoms with Gasteiger partial charge in [0.25, 0.3) is 0 Å². The van der Waals surface area contributed by atoms with Gasteiger partial charge < -0.3 is 20.1 Å². The number of amides is 2. The van der Waals surface area contributed by atoms with E-state index in [2.05, 4.69) is 10.1 Å². The fourth-order valence-corrected chi connectivity index (χ4v) is 3.20. The molecular formula is C21H26F4N2O4. The van der Waals surface area contributed by atoms with Gasteiger partial charge in [-0.1, -0.05) is 42.5 Å². The number of hydrogen-bond donors (Lipinski definition) is 2. The number of nitrogens with zero attached hydrogens (tertiary/aromatic N) is 1. The van der Waals surface area contributed by atoms with Crippen molar-refractivity contribution >= 4 is 12.0 Å². The third kappa shape index (κ3) is 6.95. The number of nitrogens with one attached hydrogen (secondary N) is 1. The highest BCUT2D eigenvalue weighted by molar-refractivity contribution is 5.77. The summed E-state index contributed by atoms with van der Waals surface area (Å²) < 4.78 is 60.8. The van der Waals surface area contributed by atoms with E-state index in [1.807, 2.05) is 0 Å². The fourth-order valence-electron chi connectivity index (χ4n) is 3.20. The number of halogens is 4. The first-order valence-corrected chi connectivity index (χ1v) is 9.85. The van der Waals surface area contributed by atoms with E-state index in [1.54, 1.807) is 6.07 Å². The van der Waals surface area contributed by atoms with Gasteiger partial charge in [0.05, 0.1) is 19.6 Å². The minimum absolute atomic E-state index is 0.0279. The van der Waals surface area contributed by atoms with Crippen LogP contribution in [0.15, 0.2) is 42.5 Å². The number of aliphatic hydroxyl groups excluding tert-OH is 1. The van der Waals surface area contributed by atoms with Crippen molar-refractivity contribution in [3.05, 3.63) is 48.0 Å². The number of methoxy groups -OCH3 is 1. The molecule has 0 aromatic heterocycles. The van der Waals surface area contributed by atoms with Crippen LogP contribution in [0.4, 0.5) is 22.4 Å². The van der Waals surface area contributed by atoms with E-state index in [0.717, 1.165) is 13.2 Å². The summed E-state index contributed by atoms with van der Waals surface area (Å²) in [6, 6.07) is 5.68. The molecular weight excluding hydrogens is 420 g/mol. The van der Waals surface area contributed by atoms with Crippen molar-refractivity contribution in [2.24, 2.45) is 0 Å². The lowest BCUT2D eigenvalue weighted by Crippen LogP contribution is -2.35. The number of aliphatic hydroxyl groups is 1. The Balaban J connectivity index is 1.91. The summed E-state index contributed by atoms with van der Waals surface area (Å²) >= 11 is 0. The van der Waals surface area contributed by atoms with Gasteiger partial charge >= 0.3 is 17.9 Å². The van der Waals surface area contributed by atoms with Crippen LogP contribution in [0.1, 0.15) is 31.2 Å². The maximum atomic E-state index is 14.4. The third-order valence-electron chi connectivity index (χ3n) is 5.03. The molecule has 0 bridgehead atoms. The van der Waals surface area contributed by atoms with Crippen molar-refractivity contribution in [3.8, 4) is 0 Å². The molecule has 1 aliphatic rings. The second kappa shape index (κ2) is 10.6. The molecule has 1 fully saturated rings. The molecule has 0 spiro atoms. The first-order chi connectivity index (χ1) is 14.6. The second-order valence-electron chi connectivity index (χ2n) is 7.30. The Kier molecular flexibility index (Phi) is 8.43. The Morgan fingerprint density at radius 3 is 2.61 bits per heavy atom. The molecule has 10 heteroatoms. The van der Waals surface area contributed by atoms with Crippen LogP contribution >= 0.6 is 0 Å². The highest BCUT2D eigenvalue weighted by atomic mass is 19.3. The number of carbonyl (C=O) groups is 2. The van der Waals surface area contributed by atoms with Crippen LogP contribution in [-0.2, 0) is 15.5 Å². The van der Waals surface area contributed by atoms with Gasteiger partial charge in [-0.3, -0.25) is 4.79 Å². The molecule has 1 aromatic carbocycles. The largest absolute Gasteiger partial charge is 0.469 e. The number of esters is 1. The summed E-state index contributed by atoms with van der Waals surface area (Å²) in [4.78, 5) is 24.2. The molecule has 0 saturated carbocycles. The molecule has 0 radical (unpaired) electrons. The van der Waals surface area contributed by atoms with Crippen LogP contribution in [0.3, 0.4) is 0 Å². The lowest BCUT2D eigenvalue weighted by atomic mass is 10.0. The highest BCUT2D eigenvalue weighted by Crippen LogP contribution is 2.32. The predicted molar refractivity (Wildman–Crippen MR) is 105 cm³/mol. The van der Waals surface area contributed by atoms with Crippen molar-refractivity contribution < 1.29 is 37.0 Å². The Bertz CT molecular complexity index is 774. The minimum Gasteiger partial charge on any atom is -0.469 e. The maximum Gasteiger partial charge on any atom is 0.318 e. The standard InChI is InChI=1S/C21H26F4N2O4/c1-31-18(29)10-12-20(22,23)11-5-13-27-16(14-26-19(27)30)8-9-17(28)21(24,25)15-6-3-2-4-7-15/h2-4,6-9,16-17,28H,5,10-14H2,1H3,(H,26,30)/t16-,17?/m0/s1. The molecule has 0 aliphatic carbocycles. The van der Waals surface area contributed by atoms with Gasteiger partial charge in [-0.25, -0.2) is 13.6 Å². The van der Waals surface area contributed by atoms with Gasteiger partial charge in [-0.15, -0.1) is 0 Å². The zero-order chi connectivity index (χ0) is 23.1. The number of ether oxygens (including phenoxy) is 1. The van der Waals surface area contributed by atoms with Gasteiger partial charge in [-0.05, 0) is 6.42 Å². The summed E-state index contributed by atoms with van der Waals surface area (Å²) in [6.45, 7) is 0.0809. The molecule has 2 atom stereocenters. The monoisotopic (exact) mass is 446 g/mol. The number of hydrogen-bond acceptors (Lipinski definition) is 4. The Morgan fingerprint density at radius 1 is 1.29 bits per heavy atom. The lowest BCUT2D eigenvalue weighted by Gasteiger charge is -2.24. The molecule has 172 valence electrons. The minimum atomic E-state index is -3.53. The molecule has 1 aromatic rings. The fraction of sp³-hybridized carbons (Fsp3) is 0.524. The molecule has 2 N–H and O–H groups in total. The summed E-state index contributed by atoms with van der Waals surface area (Å²) in [5.74, 6) is -7.35. The van der Waals surface area contributed by atoms with Gasteiger partial charge in [0, 0.05) is 31.5 Å². The number of carbonyl (C=O) groups excluding carboxylic acids is 2. The topological polar surface area (TPSA) is 78.9 Å². The maximum absolute atomic E-state index is 14.4. The quantitative estimate of drug-likeness (QED) is 0.310. The molecule has 31 heavy (non-hydrogen) atoms. The van der Waals surface area contributed by atoms with Gasteiger partial charge in [-0.2, -0.15) is 8.78 Å². The van der Waals surface area contributed by atoms with E-state index in [1.165, 1.54) is 35.2 Å². The van der Waals surface area contributed by atoms with Crippen LogP contribution in [0, 0.1) is 0 Å². The normalized spacial score (nSPS) is 18.3. The van der Waals surface area contributed by atoms with Crippen LogP contribution in [-0.4, -0.2) is 60.3 Å². The van der Waals surface area contributed by atoms with Gasteiger partial charge in [0.15, 0.2) is 0 Å². The molecule has 2 amide bonds. The predicted octanol–water partition coefficient (Wildman–Crippen LogP) is 3.46. The second-order valence-corrected chi connectivity index (χ2v) is 7.30. The lowest BCUT2D eigenvalue weighted by molar-refractivity contribution is -0.143. The number of rotatable bonds is 11. The summed E-state index contributed by atoms with van der Waals surface area (Å²) in [6.07, 6.45) is -1.59. The number of urea groups is 1. The number of benzene rings is 1.